The van der Waals surface area contributed by atoms with E-state index in [1.807, 2.05) is 19.1 Å². The number of fused-ring (bicyclic) bond motifs is 1. The number of hydrogen-bond acceptors (Lipinski definition) is 3. The molecule has 2 N–H and O–H groups in total. The Balaban J connectivity index is 2.05. The molecule has 0 amide bonds. The third-order valence-electron chi connectivity index (χ3n) is 3.97. The van der Waals surface area contributed by atoms with Crippen LogP contribution >= 0.6 is 0 Å². The molecule has 0 fully saturated rings. The summed E-state index contributed by atoms with van der Waals surface area (Å²) in [6, 6.07) is 8.25. The van der Waals surface area contributed by atoms with E-state index in [-0.39, 0.29) is 6.10 Å². The maximum atomic E-state index is 9.60. The normalized spacial score (nSPS) is 12.9. The van der Waals surface area contributed by atoms with Crippen molar-refractivity contribution in [1.82, 2.24) is 5.32 Å². The first-order valence-corrected chi connectivity index (χ1v) is 8.14. The fourth-order valence-electron chi connectivity index (χ4n) is 2.57. The maximum absolute atomic E-state index is 9.60. The van der Waals surface area contributed by atoms with Gasteiger partial charge in [-0.3, -0.25) is 0 Å². The molecule has 2 rings (SSSR count). The number of unbranched alkanes of at least 4 members (excludes halogenated alkanes) is 1. The van der Waals surface area contributed by atoms with E-state index in [9.17, 15) is 5.11 Å². The van der Waals surface area contributed by atoms with E-state index in [2.05, 4.69) is 24.4 Å². The monoisotopic (exact) mass is 289 g/mol. The Bertz CT molecular complexity index is 547. The third-order valence-corrected chi connectivity index (χ3v) is 3.97. The number of aliphatic hydroxyl groups is 1. The van der Waals surface area contributed by atoms with Gasteiger partial charge in [-0.2, -0.15) is 0 Å². The van der Waals surface area contributed by atoms with Crippen molar-refractivity contribution in [1.29, 1.82) is 0 Å². The Morgan fingerprint density at radius 3 is 2.81 bits per heavy atom. The van der Waals surface area contributed by atoms with Crippen LogP contribution in [-0.2, 0) is 13.0 Å². The van der Waals surface area contributed by atoms with E-state index in [1.165, 1.54) is 17.4 Å². The summed E-state index contributed by atoms with van der Waals surface area (Å²) in [6.45, 7) is 5.86. The first kappa shape index (κ1) is 16.1. The van der Waals surface area contributed by atoms with Gasteiger partial charge in [0.15, 0.2) is 0 Å². The van der Waals surface area contributed by atoms with Crippen molar-refractivity contribution in [2.45, 2.75) is 58.6 Å². The molecule has 0 bridgehead atoms. The van der Waals surface area contributed by atoms with E-state index in [4.69, 9.17) is 4.42 Å². The minimum absolute atomic E-state index is 0.196. The fraction of sp³-hybridized carbons (Fsp3) is 0.556. The second-order valence-electron chi connectivity index (χ2n) is 5.63. The van der Waals surface area contributed by atoms with Crippen molar-refractivity contribution in [2.75, 3.05) is 6.54 Å². The summed E-state index contributed by atoms with van der Waals surface area (Å²) in [4.78, 5) is 0. The summed E-state index contributed by atoms with van der Waals surface area (Å²) in [5, 5.41) is 14.3. The topological polar surface area (TPSA) is 45.4 Å². The van der Waals surface area contributed by atoms with Gasteiger partial charge in [0.05, 0.1) is 6.10 Å². The van der Waals surface area contributed by atoms with Gasteiger partial charge in [0.25, 0.3) is 0 Å². The second-order valence-corrected chi connectivity index (χ2v) is 5.63. The number of aryl methyl sites for hydroxylation is 1. The highest BCUT2D eigenvalue weighted by atomic mass is 16.3. The minimum atomic E-state index is -0.196. The van der Waals surface area contributed by atoms with Gasteiger partial charge in [0.1, 0.15) is 11.3 Å². The summed E-state index contributed by atoms with van der Waals surface area (Å²) in [7, 11) is 0. The maximum Gasteiger partial charge on any atom is 0.134 e. The largest absolute Gasteiger partial charge is 0.461 e. The first-order chi connectivity index (χ1) is 10.3. The molecular weight excluding hydrogens is 262 g/mol. The van der Waals surface area contributed by atoms with Gasteiger partial charge < -0.3 is 14.8 Å². The van der Waals surface area contributed by atoms with Crippen LogP contribution in [0.15, 0.2) is 28.7 Å². The summed E-state index contributed by atoms with van der Waals surface area (Å²) in [5.74, 6) is 1.11. The van der Waals surface area contributed by atoms with E-state index in [1.54, 1.807) is 0 Å². The lowest BCUT2D eigenvalue weighted by Gasteiger charge is -2.09. The molecule has 0 spiro atoms. The minimum Gasteiger partial charge on any atom is -0.461 e. The van der Waals surface area contributed by atoms with Crippen LogP contribution in [0.5, 0.6) is 0 Å². The quantitative estimate of drug-likeness (QED) is 0.685. The van der Waals surface area contributed by atoms with Crippen LogP contribution in [0.1, 0.15) is 50.9 Å². The average molecular weight is 289 g/mol. The van der Waals surface area contributed by atoms with Crippen LogP contribution in [0.4, 0.5) is 0 Å². The van der Waals surface area contributed by atoms with Crippen LogP contribution < -0.4 is 5.32 Å². The number of aliphatic hydroxyl groups excluding tert-OH is 1. The highest BCUT2D eigenvalue weighted by Crippen LogP contribution is 2.27. The second kappa shape index (κ2) is 8.20. The highest BCUT2D eigenvalue weighted by Gasteiger charge is 2.13. The highest BCUT2D eigenvalue weighted by molar-refractivity contribution is 5.82. The van der Waals surface area contributed by atoms with Gasteiger partial charge >= 0.3 is 0 Å². The summed E-state index contributed by atoms with van der Waals surface area (Å²) in [5.41, 5.74) is 2.26. The Kier molecular flexibility index (Phi) is 6.27. The molecule has 1 heterocycles. The molecule has 3 nitrogen and oxygen atoms in total. The van der Waals surface area contributed by atoms with Crippen molar-refractivity contribution >= 4 is 11.0 Å². The van der Waals surface area contributed by atoms with Gasteiger partial charge in [-0.05, 0) is 31.9 Å². The molecule has 3 heteroatoms. The number of furan rings is 1. The summed E-state index contributed by atoms with van der Waals surface area (Å²) >= 11 is 0. The molecule has 0 radical (unpaired) electrons. The molecule has 1 aromatic carbocycles. The zero-order valence-electron chi connectivity index (χ0n) is 13.2. The molecule has 1 unspecified atom stereocenters. The smallest absolute Gasteiger partial charge is 0.134 e. The molecule has 116 valence electrons. The molecule has 0 saturated carbocycles. The van der Waals surface area contributed by atoms with Crippen molar-refractivity contribution in [2.24, 2.45) is 0 Å². The van der Waals surface area contributed by atoms with Gasteiger partial charge in [0.2, 0.25) is 0 Å². The molecule has 0 saturated heterocycles. The van der Waals surface area contributed by atoms with E-state index >= 15 is 0 Å². The number of para-hydroxylation sites is 1. The lowest BCUT2D eigenvalue weighted by atomic mass is 10.1. The number of nitrogens with one attached hydrogen (secondary N) is 1. The number of hydrogen-bond donors (Lipinski definition) is 2. The molecule has 21 heavy (non-hydrogen) atoms. The predicted molar refractivity (Wildman–Crippen MR) is 87.4 cm³/mol. The molecule has 0 aliphatic heterocycles. The van der Waals surface area contributed by atoms with E-state index in [0.717, 1.165) is 50.1 Å². The van der Waals surface area contributed by atoms with E-state index < -0.39 is 0 Å². The zero-order valence-corrected chi connectivity index (χ0v) is 13.2. The lowest BCUT2D eigenvalue weighted by Crippen LogP contribution is -2.20. The Labute approximate surface area is 127 Å². The van der Waals surface area contributed by atoms with Crippen LogP contribution in [0.25, 0.3) is 11.0 Å². The molecule has 2 aromatic rings. The molecular formula is C18H27NO2. The SMILES string of the molecule is CCCCc1oc2ccccc2c1CNCCC(O)CC. The summed E-state index contributed by atoms with van der Waals surface area (Å²) < 4.78 is 6.01. The van der Waals surface area contributed by atoms with E-state index in [0.29, 0.717) is 0 Å². The zero-order chi connectivity index (χ0) is 15.1. The van der Waals surface area contributed by atoms with Crippen LogP contribution in [0.3, 0.4) is 0 Å². The third kappa shape index (κ3) is 4.32. The first-order valence-electron chi connectivity index (χ1n) is 8.14. The van der Waals surface area contributed by atoms with Gasteiger partial charge in [-0.15, -0.1) is 0 Å². The predicted octanol–water partition coefficient (Wildman–Crippen LogP) is 4.03. The standard InChI is InChI=1S/C18H27NO2/c1-3-5-9-18-16(13-19-12-11-14(20)4-2)15-8-6-7-10-17(15)21-18/h6-8,10,14,19-20H,3-5,9,11-13H2,1-2H3. The van der Waals surface area contributed by atoms with Crippen molar-refractivity contribution in [3.05, 3.63) is 35.6 Å². The average Bonchev–Trinajstić information content (AvgIpc) is 2.87. The molecule has 0 aliphatic rings. The van der Waals surface area contributed by atoms with Crippen molar-refractivity contribution < 1.29 is 9.52 Å². The van der Waals surface area contributed by atoms with Gasteiger partial charge in [-0.1, -0.05) is 38.5 Å². The lowest BCUT2D eigenvalue weighted by molar-refractivity contribution is 0.159. The Morgan fingerprint density at radius 2 is 2.05 bits per heavy atom. The Morgan fingerprint density at radius 1 is 1.24 bits per heavy atom. The van der Waals surface area contributed by atoms with Gasteiger partial charge in [0, 0.05) is 23.9 Å². The molecule has 1 aromatic heterocycles. The fourth-order valence-corrected chi connectivity index (χ4v) is 2.57. The van der Waals surface area contributed by atoms with Crippen LogP contribution in [-0.4, -0.2) is 17.8 Å². The molecule has 1 atom stereocenters. The Hall–Kier alpha value is -1.32. The number of benzene rings is 1. The van der Waals surface area contributed by atoms with Crippen molar-refractivity contribution in [3.63, 3.8) is 0 Å². The van der Waals surface area contributed by atoms with Crippen LogP contribution in [0.2, 0.25) is 0 Å². The molecule has 0 aliphatic carbocycles. The van der Waals surface area contributed by atoms with Gasteiger partial charge in [-0.25, -0.2) is 0 Å². The van der Waals surface area contributed by atoms with Crippen LogP contribution in [0, 0.1) is 0 Å². The van der Waals surface area contributed by atoms with Crippen molar-refractivity contribution in [3.8, 4) is 0 Å². The summed E-state index contributed by atoms with van der Waals surface area (Å²) in [6.07, 6.45) is 4.75. The number of rotatable bonds is 9.